The molecule has 2 N–H and O–H groups in total. The first-order valence-corrected chi connectivity index (χ1v) is 5.51. The first-order chi connectivity index (χ1) is 6.52. The summed E-state index contributed by atoms with van der Waals surface area (Å²) in [7, 11) is 0. The van der Waals surface area contributed by atoms with Gasteiger partial charge in [-0.1, -0.05) is 39.0 Å². The van der Waals surface area contributed by atoms with Gasteiger partial charge < -0.3 is 10.4 Å². The molecule has 1 amide bonds. The van der Waals surface area contributed by atoms with Gasteiger partial charge in [0.2, 0.25) is 0 Å². The normalized spacial score (nSPS) is 17.1. The van der Waals surface area contributed by atoms with Gasteiger partial charge in [0.05, 0.1) is 0 Å². The zero-order valence-corrected chi connectivity index (χ0v) is 9.55. The number of carboxylic acid groups (broad SMARTS) is 1. The molecule has 1 saturated carbocycles. The van der Waals surface area contributed by atoms with E-state index in [1.807, 2.05) is 0 Å². The van der Waals surface area contributed by atoms with Gasteiger partial charge in [-0.05, 0) is 19.8 Å². The fourth-order valence-electron chi connectivity index (χ4n) is 1.55. The van der Waals surface area contributed by atoms with Gasteiger partial charge in [-0.25, -0.2) is 4.79 Å². The molecule has 0 atom stereocenters. The summed E-state index contributed by atoms with van der Waals surface area (Å²) in [5.41, 5.74) is 0. The molecule has 0 bridgehead atoms. The second kappa shape index (κ2) is 7.65. The number of hydrogen-bond acceptors (Lipinski definition) is 1. The molecule has 0 aromatic rings. The van der Waals surface area contributed by atoms with Crippen molar-refractivity contribution in [1.82, 2.24) is 5.32 Å². The highest BCUT2D eigenvalue weighted by Crippen LogP contribution is 2.22. The minimum absolute atomic E-state index is 0.0255. The summed E-state index contributed by atoms with van der Waals surface area (Å²) in [4.78, 5) is 9.70. The Balaban J connectivity index is 0.000000241. The lowest BCUT2D eigenvalue weighted by Crippen LogP contribution is -2.27. The number of amides is 1. The summed E-state index contributed by atoms with van der Waals surface area (Å²) in [6, 6.07) is 0.0255. The lowest BCUT2D eigenvalue weighted by molar-refractivity contribution is 0.191. The average Bonchev–Trinajstić information content (AvgIpc) is 2.03. The fraction of sp³-hybridized carbons (Fsp3) is 0.909. The van der Waals surface area contributed by atoms with Gasteiger partial charge in [0.25, 0.3) is 0 Å². The van der Waals surface area contributed by atoms with Crippen molar-refractivity contribution in [2.45, 2.75) is 58.9 Å². The van der Waals surface area contributed by atoms with Crippen LogP contribution >= 0.6 is 0 Å². The van der Waals surface area contributed by atoms with Crippen LogP contribution in [-0.2, 0) is 0 Å². The van der Waals surface area contributed by atoms with E-state index in [9.17, 15) is 4.79 Å². The molecule has 0 aromatic heterocycles. The Morgan fingerprint density at radius 2 is 1.79 bits per heavy atom. The predicted octanol–water partition coefficient (Wildman–Crippen LogP) is 3.25. The highest BCUT2D eigenvalue weighted by atomic mass is 16.4. The van der Waals surface area contributed by atoms with Crippen LogP contribution in [0.5, 0.6) is 0 Å². The maximum absolute atomic E-state index is 9.70. The van der Waals surface area contributed by atoms with Gasteiger partial charge in [0.1, 0.15) is 0 Å². The third-order valence-corrected chi connectivity index (χ3v) is 2.31. The van der Waals surface area contributed by atoms with E-state index in [0.717, 1.165) is 5.92 Å². The second-order valence-corrected chi connectivity index (χ2v) is 4.35. The molecule has 0 spiro atoms. The highest BCUT2D eigenvalue weighted by Gasteiger charge is 2.05. The van der Waals surface area contributed by atoms with Gasteiger partial charge in [-0.3, -0.25) is 0 Å². The summed E-state index contributed by atoms with van der Waals surface area (Å²) in [5.74, 6) is 1.04. The molecule has 0 aromatic carbocycles. The van der Waals surface area contributed by atoms with Gasteiger partial charge in [0, 0.05) is 6.04 Å². The molecular weight excluding hydrogens is 178 g/mol. The molecule has 14 heavy (non-hydrogen) atoms. The fourth-order valence-corrected chi connectivity index (χ4v) is 1.55. The third-order valence-electron chi connectivity index (χ3n) is 2.31. The second-order valence-electron chi connectivity index (χ2n) is 4.35. The maximum Gasteiger partial charge on any atom is 0.404 e. The Morgan fingerprint density at radius 1 is 1.29 bits per heavy atom. The molecule has 1 aliphatic carbocycles. The highest BCUT2D eigenvalue weighted by molar-refractivity contribution is 5.64. The monoisotopic (exact) mass is 201 g/mol. The summed E-state index contributed by atoms with van der Waals surface area (Å²) in [5, 5.41) is 10.2. The topological polar surface area (TPSA) is 49.3 Å². The molecule has 1 rings (SSSR count). The first-order valence-electron chi connectivity index (χ1n) is 5.51. The van der Waals surface area contributed by atoms with Crippen LogP contribution in [0.15, 0.2) is 0 Å². The van der Waals surface area contributed by atoms with Gasteiger partial charge in [0.15, 0.2) is 0 Å². The minimum atomic E-state index is -0.963. The SMILES string of the molecule is CC(C)NC(=O)O.CC1CCCCC1. The Kier molecular flexibility index (Phi) is 7.25. The lowest BCUT2D eigenvalue weighted by Gasteiger charge is -2.15. The van der Waals surface area contributed by atoms with Crippen LogP contribution < -0.4 is 5.32 Å². The van der Waals surface area contributed by atoms with Crippen molar-refractivity contribution in [3.8, 4) is 0 Å². The van der Waals surface area contributed by atoms with Crippen molar-refractivity contribution in [1.29, 1.82) is 0 Å². The quantitative estimate of drug-likeness (QED) is 0.684. The van der Waals surface area contributed by atoms with Crippen molar-refractivity contribution < 1.29 is 9.90 Å². The van der Waals surface area contributed by atoms with E-state index in [-0.39, 0.29) is 6.04 Å². The van der Waals surface area contributed by atoms with Crippen LogP contribution in [0.3, 0.4) is 0 Å². The number of rotatable bonds is 1. The summed E-state index contributed by atoms with van der Waals surface area (Å²) < 4.78 is 0. The Hall–Kier alpha value is -0.730. The molecule has 0 unspecified atom stereocenters. The molecule has 0 saturated heterocycles. The van der Waals surface area contributed by atoms with Crippen molar-refractivity contribution >= 4 is 6.09 Å². The van der Waals surface area contributed by atoms with Crippen LogP contribution in [-0.4, -0.2) is 17.2 Å². The van der Waals surface area contributed by atoms with Crippen molar-refractivity contribution in [3.05, 3.63) is 0 Å². The van der Waals surface area contributed by atoms with Gasteiger partial charge in [-0.2, -0.15) is 0 Å². The van der Waals surface area contributed by atoms with E-state index in [4.69, 9.17) is 5.11 Å². The van der Waals surface area contributed by atoms with Gasteiger partial charge in [-0.15, -0.1) is 0 Å². The number of nitrogens with one attached hydrogen (secondary N) is 1. The Morgan fingerprint density at radius 3 is 1.93 bits per heavy atom. The van der Waals surface area contributed by atoms with Crippen molar-refractivity contribution in [2.75, 3.05) is 0 Å². The molecule has 0 radical (unpaired) electrons. The van der Waals surface area contributed by atoms with E-state index in [2.05, 4.69) is 12.2 Å². The van der Waals surface area contributed by atoms with E-state index < -0.39 is 6.09 Å². The molecule has 1 fully saturated rings. The lowest BCUT2D eigenvalue weighted by atomic mass is 9.91. The van der Waals surface area contributed by atoms with E-state index in [0.29, 0.717) is 0 Å². The third kappa shape index (κ3) is 9.36. The van der Waals surface area contributed by atoms with Crippen molar-refractivity contribution in [3.63, 3.8) is 0 Å². The summed E-state index contributed by atoms with van der Waals surface area (Å²) in [6.07, 6.45) is 6.47. The standard InChI is InChI=1S/C7H14.C4H9NO2/c1-7-5-3-2-4-6-7;1-3(2)5-4(6)7/h7H,2-6H2,1H3;3,5H,1-2H3,(H,6,7). The van der Waals surface area contributed by atoms with E-state index >= 15 is 0 Å². The summed E-state index contributed by atoms with van der Waals surface area (Å²) >= 11 is 0. The average molecular weight is 201 g/mol. The van der Waals surface area contributed by atoms with Crippen LogP contribution in [0.1, 0.15) is 52.9 Å². The van der Waals surface area contributed by atoms with Gasteiger partial charge >= 0.3 is 6.09 Å². The predicted molar refractivity (Wildman–Crippen MR) is 58.5 cm³/mol. The molecule has 3 heteroatoms. The zero-order valence-electron chi connectivity index (χ0n) is 9.55. The van der Waals surface area contributed by atoms with Crippen molar-refractivity contribution in [2.24, 2.45) is 5.92 Å². The molecule has 0 heterocycles. The largest absolute Gasteiger partial charge is 0.465 e. The zero-order chi connectivity index (χ0) is 11.0. The molecule has 1 aliphatic rings. The van der Waals surface area contributed by atoms with E-state index in [1.54, 1.807) is 13.8 Å². The molecule has 0 aliphatic heterocycles. The van der Waals surface area contributed by atoms with Crippen LogP contribution in [0.25, 0.3) is 0 Å². The van der Waals surface area contributed by atoms with E-state index in [1.165, 1.54) is 32.1 Å². The molecule has 84 valence electrons. The van der Waals surface area contributed by atoms with Crippen LogP contribution in [0.4, 0.5) is 4.79 Å². The molecular formula is C11H23NO2. The van der Waals surface area contributed by atoms with Crippen LogP contribution in [0.2, 0.25) is 0 Å². The Labute approximate surface area is 86.9 Å². The minimum Gasteiger partial charge on any atom is -0.465 e. The number of carbonyl (C=O) groups is 1. The summed E-state index contributed by atoms with van der Waals surface area (Å²) in [6.45, 7) is 5.90. The van der Waals surface area contributed by atoms with Crippen LogP contribution in [0, 0.1) is 5.92 Å². The maximum atomic E-state index is 9.70. The first kappa shape index (κ1) is 13.3. The smallest absolute Gasteiger partial charge is 0.404 e. The number of hydrogen-bond donors (Lipinski definition) is 2. The Bertz CT molecular complexity index is 151. The molecule has 3 nitrogen and oxygen atoms in total.